The third-order valence-electron chi connectivity index (χ3n) is 5.10. The summed E-state index contributed by atoms with van der Waals surface area (Å²) in [4.78, 5) is 2.35. The maximum atomic E-state index is 9.42. The molecule has 0 N–H and O–H groups in total. The first-order valence-electron chi connectivity index (χ1n) is 7.02. The minimum absolute atomic E-state index is 0.0236. The Morgan fingerprint density at radius 1 is 1.17 bits per heavy atom. The first-order valence-corrected chi connectivity index (χ1v) is 7.02. The second-order valence-electron chi connectivity index (χ2n) is 6.26. The fourth-order valence-electron chi connectivity index (χ4n) is 3.85. The molecule has 2 spiro atoms. The molecule has 0 aromatic rings. The summed E-state index contributed by atoms with van der Waals surface area (Å²) >= 11 is 0. The summed E-state index contributed by atoms with van der Waals surface area (Å²) < 4.78 is 11.7. The number of hydrogen-bond acceptors (Lipinski definition) is 4. The predicted octanol–water partition coefficient (Wildman–Crippen LogP) is 1.56. The van der Waals surface area contributed by atoms with Crippen molar-refractivity contribution in [3.8, 4) is 6.07 Å². The second kappa shape index (κ2) is 4.48. The molecule has 3 rings (SSSR count). The number of nitriles is 1. The Morgan fingerprint density at radius 2 is 1.83 bits per heavy atom. The van der Waals surface area contributed by atoms with Gasteiger partial charge in [-0.1, -0.05) is 0 Å². The zero-order chi connectivity index (χ0) is 12.6. The molecule has 0 aromatic carbocycles. The van der Waals surface area contributed by atoms with Gasteiger partial charge in [0.05, 0.1) is 11.7 Å². The Balaban J connectivity index is 1.79. The van der Waals surface area contributed by atoms with Crippen LogP contribution < -0.4 is 0 Å². The van der Waals surface area contributed by atoms with Crippen LogP contribution in [0.25, 0.3) is 0 Å². The molecule has 0 saturated carbocycles. The van der Waals surface area contributed by atoms with E-state index in [0.29, 0.717) is 0 Å². The van der Waals surface area contributed by atoms with E-state index in [0.717, 1.165) is 58.4 Å². The van der Waals surface area contributed by atoms with Gasteiger partial charge in [-0.25, -0.2) is 0 Å². The molecule has 18 heavy (non-hydrogen) atoms. The molecule has 4 nitrogen and oxygen atoms in total. The van der Waals surface area contributed by atoms with Crippen molar-refractivity contribution in [3.05, 3.63) is 0 Å². The standard InChI is InChI=1S/C14H22N2O2/c1-16-6-2-14(3-7-16)11-13(12(10-15)18-14)4-8-17-9-5-13/h12H,2-9,11H2,1H3. The number of ether oxygens (including phenoxy) is 2. The molecule has 4 heteroatoms. The van der Waals surface area contributed by atoms with Gasteiger partial charge in [-0.3, -0.25) is 0 Å². The molecule has 1 unspecified atom stereocenters. The van der Waals surface area contributed by atoms with Gasteiger partial charge in [0.1, 0.15) is 0 Å². The number of rotatable bonds is 0. The first kappa shape index (κ1) is 12.4. The van der Waals surface area contributed by atoms with Gasteiger partial charge >= 0.3 is 0 Å². The van der Waals surface area contributed by atoms with Crippen LogP contribution in [0, 0.1) is 16.7 Å². The minimum atomic E-state index is -0.218. The van der Waals surface area contributed by atoms with Crippen LogP contribution in [0.2, 0.25) is 0 Å². The highest BCUT2D eigenvalue weighted by Gasteiger charge is 2.56. The fraction of sp³-hybridized carbons (Fsp3) is 0.929. The molecule has 3 heterocycles. The van der Waals surface area contributed by atoms with Crippen molar-refractivity contribution in [1.29, 1.82) is 5.26 Å². The number of hydrogen-bond donors (Lipinski definition) is 0. The van der Waals surface area contributed by atoms with Gasteiger partial charge in [-0.2, -0.15) is 5.26 Å². The molecule has 0 aromatic heterocycles. The number of nitrogens with zero attached hydrogens (tertiary/aromatic N) is 2. The van der Waals surface area contributed by atoms with Gasteiger partial charge in [0.15, 0.2) is 6.10 Å². The van der Waals surface area contributed by atoms with E-state index in [2.05, 4.69) is 18.0 Å². The predicted molar refractivity (Wildman–Crippen MR) is 67.1 cm³/mol. The lowest BCUT2D eigenvalue weighted by Crippen LogP contribution is -2.43. The molecule has 0 bridgehead atoms. The van der Waals surface area contributed by atoms with Gasteiger partial charge in [0.25, 0.3) is 0 Å². The summed E-state index contributed by atoms with van der Waals surface area (Å²) in [6, 6.07) is 2.42. The van der Waals surface area contributed by atoms with Gasteiger partial charge in [0.2, 0.25) is 0 Å². The molecule has 0 aliphatic carbocycles. The maximum absolute atomic E-state index is 9.42. The maximum Gasteiger partial charge on any atom is 0.150 e. The molecule has 1 atom stereocenters. The van der Waals surface area contributed by atoms with E-state index < -0.39 is 0 Å². The second-order valence-corrected chi connectivity index (χ2v) is 6.26. The van der Waals surface area contributed by atoms with E-state index in [1.54, 1.807) is 0 Å². The Labute approximate surface area is 109 Å². The topological polar surface area (TPSA) is 45.5 Å². The summed E-state index contributed by atoms with van der Waals surface area (Å²) in [5.74, 6) is 0. The van der Waals surface area contributed by atoms with Crippen LogP contribution in [0.5, 0.6) is 0 Å². The van der Waals surface area contributed by atoms with Crippen LogP contribution in [-0.2, 0) is 9.47 Å². The third kappa shape index (κ3) is 1.95. The van der Waals surface area contributed by atoms with Crippen LogP contribution in [0.15, 0.2) is 0 Å². The third-order valence-corrected chi connectivity index (χ3v) is 5.10. The van der Waals surface area contributed by atoms with Crippen LogP contribution in [0.4, 0.5) is 0 Å². The lowest BCUT2D eigenvalue weighted by Gasteiger charge is -2.38. The van der Waals surface area contributed by atoms with Crippen molar-refractivity contribution >= 4 is 0 Å². The summed E-state index contributed by atoms with van der Waals surface area (Å²) in [6.07, 6.45) is 4.97. The van der Waals surface area contributed by atoms with Gasteiger partial charge in [0, 0.05) is 31.7 Å². The molecule has 3 saturated heterocycles. The summed E-state index contributed by atoms with van der Waals surface area (Å²) in [6.45, 7) is 3.75. The Morgan fingerprint density at radius 3 is 2.44 bits per heavy atom. The van der Waals surface area contributed by atoms with E-state index in [1.165, 1.54) is 0 Å². The number of piperidine rings is 1. The van der Waals surface area contributed by atoms with Crippen molar-refractivity contribution in [1.82, 2.24) is 4.90 Å². The van der Waals surface area contributed by atoms with Gasteiger partial charge in [-0.05, 0) is 39.2 Å². The Bertz CT molecular complexity index is 349. The highest BCUT2D eigenvalue weighted by molar-refractivity contribution is 5.11. The largest absolute Gasteiger partial charge is 0.381 e. The average molecular weight is 250 g/mol. The lowest BCUT2D eigenvalue weighted by molar-refractivity contribution is -0.0684. The van der Waals surface area contributed by atoms with E-state index >= 15 is 0 Å². The lowest BCUT2D eigenvalue weighted by atomic mass is 9.70. The molecule has 3 aliphatic heterocycles. The van der Waals surface area contributed by atoms with Crippen LogP contribution >= 0.6 is 0 Å². The number of likely N-dealkylation sites (tertiary alicyclic amines) is 1. The summed E-state index contributed by atoms with van der Waals surface area (Å²) in [7, 11) is 2.16. The summed E-state index contributed by atoms with van der Waals surface area (Å²) in [5.41, 5.74) is 0.0488. The molecule has 0 amide bonds. The monoisotopic (exact) mass is 250 g/mol. The van der Waals surface area contributed by atoms with E-state index in [-0.39, 0.29) is 17.1 Å². The highest BCUT2D eigenvalue weighted by atomic mass is 16.5. The molecular weight excluding hydrogens is 228 g/mol. The van der Waals surface area contributed by atoms with Crippen molar-refractivity contribution in [3.63, 3.8) is 0 Å². The Hall–Kier alpha value is -0.630. The van der Waals surface area contributed by atoms with E-state index in [9.17, 15) is 5.26 Å². The highest BCUT2D eigenvalue weighted by Crippen LogP contribution is 2.53. The van der Waals surface area contributed by atoms with Crippen LogP contribution in [0.1, 0.15) is 32.1 Å². The zero-order valence-electron chi connectivity index (χ0n) is 11.2. The van der Waals surface area contributed by atoms with Crippen LogP contribution in [-0.4, -0.2) is 50.0 Å². The molecule has 0 radical (unpaired) electrons. The minimum Gasteiger partial charge on any atom is -0.381 e. The SMILES string of the molecule is CN1CCC2(CC1)CC1(CCOCC1)C(C#N)O2. The average Bonchev–Trinajstić information content (AvgIpc) is 2.68. The first-order chi connectivity index (χ1) is 8.68. The fourth-order valence-corrected chi connectivity index (χ4v) is 3.85. The van der Waals surface area contributed by atoms with Crippen molar-refractivity contribution < 1.29 is 9.47 Å². The van der Waals surface area contributed by atoms with Crippen molar-refractivity contribution in [2.45, 2.75) is 43.8 Å². The molecule has 100 valence electrons. The van der Waals surface area contributed by atoms with Gasteiger partial charge < -0.3 is 14.4 Å². The van der Waals surface area contributed by atoms with E-state index in [1.807, 2.05) is 0 Å². The normalized spacial score (nSPS) is 34.8. The van der Waals surface area contributed by atoms with Crippen molar-refractivity contribution in [2.75, 3.05) is 33.4 Å². The molecular formula is C14H22N2O2. The van der Waals surface area contributed by atoms with Crippen LogP contribution in [0.3, 0.4) is 0 Å². The zero-order valence-corrected chi connectivity index (χ0v) is 11.2. The molecule has 3 aliphatic rings. The summed E-state index contributed by atoms with van der Waals surface area (Å²) in [5, 5.41) is 9.42. The van der Waals surface area contributed by atoms with Crippen molar-refractivity contribution in [2.24, 2.45) is 5.41 Å². The Kier molecular flexibility index (Phi) is 3.09. The smallest absolute Gasteiger partial charge is 0.150 e. The van der Waals surface area contributed by atoms with E-state index in [4.69, 9.17) is 9.47 Å². The molecule has 3 fully saturated rings. The quantitative estimate of drug-likeness (QED) is 0.654. The van der Waals surface area contributed by atoms with Gasteiger partial charge in [-0.15, -0.1) is 0 Å².